The Hall–Kier alpha value is -0.650. The van der Waals surface area contributed by atoms with Gasteiger partial charge in [-0.3, -0.25) is 4.79 Å². The van der Waals surface area contributed by atoms with Crippen molar-refractivity contribution in [2.24, 2.45) is 46.3 Å². The van der Waals surface area contributed by atoms with Gasteiger partial charge >= 0.3 is 5.97 Å². The summed E-state index contributed by atoms with van der Waals surface area (Å²) in [5.74, 6) is 3.19. The van der Waals surface area contributed by atoms with Crippen LogP contribution in [0.15, 0.2) is 0 Å². The summed E-state index contributed by atoms with van der Waals surface area (Å²) in [6.45, 7) is 13.4. The highest BCUT2D eigenvalue weighted by atomic mass is 16.5. The summed E-state index contributed by atoms with van der Waals surface area (Å²) in [5.41, 5.74) is 0.179. The van der Waals surface area contributed by atoms with Crippen molar-refractivity contribution < 1.29 is 19.4 Å². The summed E-state index contributed by atoms with van der Waals surface area (Å²) in [6.07, 6.45) is 14.2. The third-order valence-electron chi connectivity index (χ3n) is 12.2. The van der Waals surface area contributed by atoms with Crippen molar-refractivity contribution in [1.82, 2.24) is 5.32 Å². The van der Waals surface area contributed by atoms with E-state index in [-0.39, 0.29) is 41.0 Å². The monoisotopic (exact) mass is 531 g/mol. The molecule has 0 aromatic carbocycles. The third kappa shape index (κ3) is 5.34. The number of aliphatic hydroxyl groups excluding tert-OH is 1. The van der Waals surface area contributed by atoms with Crippen LogP contribution in [0, 0.1) is 46.3 Å². The normalized spacial score (nSPS) is 45.3. The lowest BCUT2D eigenvalue weighted by atomic mass is 9.43. The predicted octanol–water partition coefficient (Wildman–Crippen LogP) is 6.51. The second kappa shape index (κ2) is 11.7. The van der Waals surface area contributed by atoms with Crippen LogP contribution in [-0.2, 0) is 14.3 Å². The Morgan fingerprint density at radius 2 is 1.76 bits per heavy atom. The number of aliphatic hydroxyl groups is 1. The summed E-state index contributed by atoms with van der Waals surface area (Å²) >= 11 is 0. The first-order chi connectivity index (χ1) is 18.2. The summed E-state index contributed by atoms with van der Waals surface area (Å²) in [4.78, 5) is 13.7. The van der Waals surface area contributed by atoms with Gasteiger partial charge in [0, 0.05) is 12.6 Å². The van der Waals surface area contributed by atoms with E-state index in [1.54, 1.807) is 0 Å². The molecule has 0 aromatic rings. The summed E-state index contributed by atoms with van der Waals surface area (Å²) in [5, 5.41) is 15.0. The maximum absolute atomic E-state index is 13.7. The van der Waals surface area contributed by atoms with E-state index in [1.165, 1.54) is 44.9 Å². The van der Waals surface area contributed by atoms with Gasteiger partial charge in [-0.05, 0) is 131 Å². The van der Waals surface area contributed by atoms with Crippen molar-refractivity contribution in [1.29, 1.82) is 0 Å². The molecule has 5 aliphatic rings. The topological polar surface area (TPSA) is 67.8 Å². The van der Waals surface area contributed by atoms with Crippen molar-refractivity contribution in [3.8, 4) is 0 Å². The van der Waals surface area contributed by atoms with Crippen LogP contribution in [0.3, 0.4) is 0 Å². The summed E-state index contributed by atoms with van der Waals surface area (Å²) in [7, 11) is 0. The van der Waals surface area contributed by atoms with Crippen LogP contribution in [0.1, 0.15) is 118 Å². The number of rotatable bonds is 8. The molecule has 0 amide bonds. The Morgan fingerprint density at radius 3 is 2.47 bits per heavy atom. The minimum atomic E-state index is -0.337. The number of fused-ring (bicyclic) bond motifs is 5. The largest absolute Gasteiger partial charge is 0.462 e. The molecule has 5 aliphatic carbocycles. The molecule has 0 bridgehead atoms. The molecule has 0 aliphatic heterocycles. The van der Waals surface area contributed by atoms with Gasteiger partial charge in [-0.15, -0.1) is 0 Å². The van der Waals surface area contributed by atoms with Gasteiger partial charge in [0.1, 0.15) is 6.10 Å². The van der Waals surface area contributed by atoms with Gasteiger partial charge < -0.3 is 19.9 Å². The Morgan fingerprint density at radius 1 is 1.00 bits per heavy atom. The van der Waals surface area contributed by atoms with Crippen molar-refractivity contribution >= 4 is 5.97 Å². The second-order valence-electron chi connectivity index (χ2n) is 14.9. The van der Waals surface area contributed by atoms with Crippen LogP contribution >= 0.6 is 0 Å². The third-order valence-corrected chi connectivity index (χ3v) is 12.2. The maximum atomic E-state index is 13.7. The Kier molecular flexibility index (Phi) is 8.88. The van der Waals surface area contributed by atoms with Crippen LogP contribution in [0.25, 0.3) is 0 Å². The fourth-order valence-corrected chi connectivity index (χ4v) is 10.4. The van der Waals surface area contributed by atoms with Gasteiger partial charge in [0.15, 0.2) is 0 Å². The molecular weight excluding hydrogens is 474 g/mol. The van der Waals surface area contributed by atoms with Crippen LogP contribution in [0.5, 0.6) is 0 Å². The minimum absolute atomic E-state index is 0.0130. The van der Waals surface area contributed by atoms with Gasteiger partial charge in [0.05, 0.1) is 18.1 Å². The lowest BCUT2D eigenvalue weighted by Crippen LogP contribution is -2.64. The molecule has 0 spiro atoms. The van der Waals surface area contributed by atoms with Crippen molar-refractivity contribution in [3.63, 3.8) is 0 Å². The molecule has 5 nitrogen and oxygen atoms in total. The smallest absolute Gasteiger partial charge is 0.309 e. The zero-order valence-corrected chi connectivity index (χ0v) is 25.1. The van der Waals surface area contributed by atoms with E-state index in [9.17, 15) is 9.90 Å². The van der Waals surface area contributed by atoms with Gasteiger partial charge in [0.2, 0.25) is 0 Å². The van der Waals surface area contributed by atoms with E-state index in [4.69, 9.17) is 9.47 Å². The van der Waals surface area contributed by atoms with Crippen molar-refractivity contribution in [3.05, 3.63) is 0 Å². The summed E-state index contributed by atoms with van der Waals surface area (Å²) < 4.78 is 12.4. The number of ether oxygens (including phenoxy) is 2. The maximum Gasteiger partial charge on any atom is 0.309 e. The Bertz CT molecular complexity index is 811. The Labute approximate surface area is 232 Å². The molecule has 218 valence electrons. The number of nitrogens with one attached hydrogen (secondary N) is 1. The highest BCUT2D eigenvalue weighted by molar-refractivity contribution is 5.74. The van der Waals surface area contributed by atoms with E-state index in [0.717, 1.165) is 45.1 Å². The first kappa shape index (κ1) is 28.9. The minimum Gasteiger partial charge on any atom is -0.462 e. The highest BCUT2D eigenvalue weighted by Crippen LogP contribution is 2.67. The molecule has 0 heterocycles. The first-order valence-electron chi connectivity index (χ1n) is 16.4. The predicted molar refractivity (Wildman–Crippen MR) is 152 cm³/mol. The van der Waals surface area contributed by atoms with Crippen molar-refractivity contribution in [2.75, 3.05) is 13.2 Å². The fourth-order valence-electron chi connectivity index (χ4n) is 10.4. The number of carbonyl (C=O) groups excluding carboxylic acids is 1. The zero-order valence-electron chi connectivity index (χ0n) is 25.1. The molecule has 5 saturated carbocycles. The molecule has 2 N–H and O–H groups in total. The number of carbonyl (C=O) groups is 1. The molecule has 5 rings (SSSR count). The molecule has 5 heteroatoms. The van der Waals surface area contributed by atoms with E-state index in [2.05, 4.69) is 39.9 Å². The molecule has 0 saturated heterocycles. The average molecular weight is 532 g/mol. The molecule has 0 radical (unpaired) electrons. The highest BCUT2D eigenvalue weighted by Gasteiger charge is 2.65. The fraction of sp³-hybridized carbons (Fsp3) is 0.970. The molecule has 5 fully saturated rings. The van der Waals surface area contributed by atoms with Gasteiger partial charge in [-0.2, -0.15) is 0 Å². The quantitative estimate of drug-likeness (QED) is 0.350. The average Bonchev–Trinajstić information content (AvgIpc) is 3.22. The zero-order chi connectivity index (χ0) is 27.1. The first-order valence-corrected chi connectivity index (χ1v) is 16.4. The van der Waals surface area contributed by atoms with Crippen LogP contribution in [-0.4, -0.2) is 48.6 Å². The molecule has 38 heavy (non-hydrogen) atoms. The number of esters is 1. The van der Waals surface area contributed by atoms with E-state index in [0.29, 0.717) is 42.2 Å². The van der Waals surface area contributed by atoms with Crippen LogP contribution in [0.2, 0.25) is 0 Å². The Balaban J connectivity index is 1.41. The number of hydrogen-bond donors (Lipinski definition) is 2. The molecule has 0 unspecified atom stereocenters. The second-order valence-corrected chi connectivity index (χ2v) is 14.9. The molecular formula is C33H57NO4. The van der Waals surface area contributed by atoms with Gasteiger partial charge in [0.25, 0.3) is 0 Å². The van der Waals surface area contributed by atoms with Gasteiger partial charge in [-0.25, -0.2) is 0 Å². The molecule has 0 aromatic heterocycles. The molecule has 10 atom stereocenters. The van der Waals surface area contributed by atoms with Gasteiger partial charge in [-0.1, -0.05) is 34.1 Å². The summed E-state index contributed by atoms with van der Waals surface area (Å²) in [6, 6.07) is 0.411. The lowest BCUT2D eigenvalue weighted by Gasteiger charge is -2.64. The SMILES string of the molecule is CCO[C@H]1C[C@@]2(C)[C@@H](CC[C@@H]3[C@@H]2[C@H](NCCC(C)C)C[C@]2(C)[C@@H](C(=O)OC4CCCCC4)CC[C@@H]32)C[C@@H]1O. The van der Waals surface area contributed by atoms with E-state index < -0.39 is 0 Å². The van der Waals surface area contributed by atoms with Crippen molar-refractivity contribution in [2.45, 2.75) is 142 Å². The standard InChI is InChI=1S/C33H57NO4/c1-6-37-29-20-32(4)22(18-28(29)35)12-13-24-25-14-15-26(31(36)38-23-10-8-7-9-11-23)33(25,5)19-27(30(24)32)34-17-16-21(2)3/h21-30,34-35H,6-20H2,1-5H3/t22-,24-,25-,26+,27+,28-,29-,30+,32-,33-/m0/s1. The van der Waals surface area contributed by atoms with E-state index >= 15 is 0 Å². The van der Waals surface area contributed by atoms with Crippen LogP contribution in [0.4, 0.5) is 0 Å². The number of hydrogen-bond acceptors (Lipinski definition) is 5. The van der Waals surface area contributed by atoms with E-state index in [1.807, 2.05) is 0 Å². The van der Waals surface area contributed by atoms with Crippen LogP contribution < -0.4 is 5.32 Å². The lowest BCUT2D eigenvalue weighted by molar-refractivity contribution is -0.184.